The van der Waals surface area contributed by atoms with Gasteiger partial charge in [-0.25, -0.2) is 0 Å². The Bertz CT molecular complexity index is 1690. The molecule has 6 rings (SSSR count). The molecule has 0 aliphatic heterocycles. The number of terminal acetylenes is 1. The minimum Gasteiger partial charge on any atom is -0.507 e. The summed E-state index contributed by atoms with van der Waals surface area (Å²) in [6, 6.07) is 41.4. The lowest BCUT2D eigenvalue weighted by atomic mass is 9.72. The smallest absolute Gasteiger partial charge is 0.402 e. The van der Waals surface area contributed by atoms with Crippen LogP contribution in [0.2, 0.25) is 0 Å². The largest absolute Gasteiger partial charge is 0.507 e. The molecule has 0 bridgehead atoms. The van der Waals surface area contributed by atoms with Crippen LogP contribution in [0.25, 0.3) is 44.5 Å². The highest BCUT2D eigenvalue weighted by Crippen LogP contribution is 2.52. The molecular formula is C41H31F3O2. The standard InChI is InChI=1S/C39H29F3O2.C2H2/c1-38(39(40,41)42,30-22-32(26-14-6-2-7-15-26)36(43)33(23-30)27-16-8-3-9-17-27)31-24-34(28-18-10-4-11-19-28)37(44)35(25-31)29-20-12-5-13-21-29;1-2/h2-25,43-44H,1H3;1-2H. The summed E-state index contributed by atoms with van der Waals surface area (Å²) in [6.07, 6.45) is 3.24. The van der Waals surface area contributed by atoms with Gasteiger partial charge in [0.05, 0.1) is 0 Å². The number of halogens is 3. The minimum absolute atomic E-state index is 0.0378. The topological polar surface area (TPSA) is 40.5 Å². The van der Waals surface area contributed by atoms with Crippen molar-refractivity contribution in [1.29, 1.82) is 0 Å². The predicted molar refractivity (Wildman–Crippen MR) is 180 cm³/mol. The molecule has 0 unspecified atom stereocenters. The fourth-order valence-corrected chi connectivity index (χ4v) is 5.69. The lowest BCUT2D eigenvalue weighted by Gasteiger charge is -2.35. The zero-order valence-corrected chi connectivity index (χ0v) is 25.0. The van der Waals surface area contributed by atoms with Crippen molar-refractivity contribution < 1.29 is 23.4 Å². The van der Waals surface area contributed by atoms with Gasteiger partial charge in [-0.15, -0.1) is 12.8 Å². The number of phenols is 2. The minimum atomic E-state index is -4.76. The second kappa shape index (κ2) is 13.1. The molecule has 0 fully saturated rings. The quantitative estimate of drug-likeness (QED) is 0.184. The first kappa shape index (κ1) is 31.7. The van der Waals surface area contributed by atoms with Crippen molar-refractivity contribution in [2.45, 2.75) is 18.5 Å². The highest BCUT2D eigenvalue weighted by Gasteiger charge is 2.54. The molecule has 228 valence electrons. The van der Waals surface area contributed by atoms with Gasteiger partial charge in [-0.05, 0) is 64.6 Å². The van der Waals surface area contributed by atoms with Gasteiger partial charge in [-0.2, -0.15) is 13.2 Å². The molecule has 0 saturated carbocycles. The Hall–Kier alpha value is -5.73. The molecular weight excluding hydrogens is 581 g/mol. The van der Waals surface area contributed by atoms with E-state index in [1.54, 1.807) is 97.1 Å². The maximum Gasteiger partial charge on any atom is 0.402 e. The summed E-state index contributed by atoms with van der Waals surface area (Å²) in [5.41, 5.74) is 0.936. The van der Waals surface area contributed by atoms with E-state index in [-0.39, 0.29) is 22.6 Å². The van der Waals surface area contributed by atoms with Crippen molar-refractivity contribution in [3.05, 3.63) is 157 Å². The monoisotopic (exact) mass is 612 g/mol. The van der Waals surface area contributed by atoms with Crippen molar-refractivity contribution in [2.24, 2.45) is 0 Å². The number of benzene rings is 6. The molecule has 0 atom stereocenters. The fourth-order valence-electron chi connectivity index (χ4n) is 5.69. The van der Waals surface area contributed by atoms with Crippen molar-refractivity contribution >= 4 is 0 Å². The van der Waals surface area contributed by atoms with E-state index in [1.807, 2.05) is 24.3 Å². The Balaban J connectivity index is 0.00000204. The highest BCUT2D eigenvalue weighted by atomic mass is 19.4. The molecule has 0 radical (unpaired) electrons. The van der Waals surface area contributed by atoms with Crippen LogP contribution in [0.5, 0.6) is 11.5 Å². The summed E-state index contributed by atoms with van der Waals surface area (Å²) in [5.74, 6) is -0.201. The SMILES string of the molecule is C#C.CC(c1cc(-c2ccccc2)c(O)c(-c2ccccc2)c1)(c1cc(-c2ccccc2)c(O)c(-c2ccccc2)c1)C(F)(F)F. The molecule has 6 aromatic carbocycles. The normalized spacial score (nSPS) is 11.3. The van der Waals surface area contributed by atoms with Gasteiger partial charge in [0.15, 0.2) is 0 Å². The lowest BCUT2D eigenvalue weighted by Crippen LogP contribution is -2.40. The van der Waals surface area contributed by atoms with Gasteiger partial charge in [0, 0.05) is 22.3 Å². The molecule has 6 aromatic rings. The Morgan fingerprint density at radius 1 is 0.435 bits per heavy atom. The van der Waals surface area contributed by atoms with Crippen LogP contribution in [0.3, 0.4) is 0 Å². The third kappa shape index (κ3) is 5.86. The van der Waals surface area contributed by atoms with Gasteiger partial charge in [0.1, 0.15) is 16.9 Å². The van der Waals surface area contributed by atoms with Crippen molar-refractivity contribution in [2.75, 3.05) is 0 Å². The predicted octanol–water partition coefficient (Wildman–Crippen LogP) is 10.9. The summed E-state index contributed by atoms with van der Waals surface area (Å²) in [4.78, 5) is 0. The number of hydrogen-bond acceptors (Lipinski definition) is 2. The van der Waals surface area contributed by atoms with Gasteiger partial charge >= 0.3 is 6.18 Å². The van der Waals surface area contributed by atoms with E-state index in [9.17, 15) is 10.2 Å². The molecule has 0 aliphatic carbocycles. The summed E-state index contributed by atoms with van der Waals surface area (Å²) < 4.78 is 47.1. The zero-order chi connectivity index (χ0) is 32.9. The third-order valence-corrected chi connectivity index (χ3v) is 8.28. The lowest BCUT2D eigenvalue weighted by molar-refractivity contribution is -0.173. The summed E-state index contributed by atoms with van der Waals surface area (Å²) in [6.45, 7) is 1.17. The summed E-state index contributed by atoms with van der Waals surface area (Å²) in [7, 11) is 0. The molecule has 5 heteroatoms. The first-order chi connectivity index (χ1) is 22.2. The highest BCUT2D eigenvalue weighted by molar-refractivity contribution is 5.86. The molecule has 46 heavy (non-hydrogen) atoms. The van der Waals surface area contributed by atoms with Crippen LogP contribution in [-0.2, 0) is 5.41 Å². The number of alkyl halides is 3. The van der Waals surface area contributed by atoms with E-state index in [1.165, 1.54) is 31.2 Å². The number of phenolic OH excluding ortho intramolecular Hbond substituents is 2. The van der Waals surface area contributed by atoms with Crippen LogP contribution in [0, 0.1) is 12.8 Å². The first-order valence-corrected chi connectivity index (χ1v) is 14.5. The maximum absolute atomic E-state index is 15.7. The number of aromatic hydroxyl groups is 2. The molecule has 0 saturated heterocycles. The van der Waals surface area contributed by atoms with Gasteiger partial charge in [-0.3, -0.25) is 0 Å². The van der Waals surface area contributed by atoms with Gasteiger partial charge in [0.2, 0.25) is 0 Å². The van der Waals surface area contributed by atoms with E-state index in [0.717, 1.165) is 0 Å². The zero-order valence-electron chi connectivity index (χ0n) is 25.0. The van der Waals surface area contributed by atoms with Gasteiger partial charge in [0.25, 0.3) is 0 Å². The third-order valence-electron chi connectivity index (χ3n) is 8.28. The van der Waals surface area contributed by atoms with Crippen LogP contribution in [-0.4, -0.2) is 16.4 Å². The number of hydrogen-bond donors (Lipinski definition) is 2. The van der Waals surface area contributed by atoms with Crippen molar-refractivity contribution in [3.63, 3.8) is 0 Å². The summed E-state index contributed by atoms with van der Waals surface area (Å²) >= 11 is 0. The molecule has 0 heterocycles. The Morgan fingerprint density at radius 2 is 0.652 bits per heavy atom. The molecule has 0 aliphatic rings. The van der Waals surface area contributed by atoms with Crippen LogP contribution < -0.4 is 0 Å². The van der Waals surface area contributed by atoms with E-state index in [2.05, 4.69) is 12.8 Å². The second-order valence-corrected chi connectivity index (χ2v) is 10.9. The van der Waals surface area contributed by atoms with Gasteiger partial charge in [-0.1, -0.05) is 121 Å². The average molecular weight is 613 g/mol. The van der Waals surface area contributed by atoms with Crippen LogP contribution >= 0.6 is 0 Å². The Labute approximate surface area is 267 Å². The molecule has 2 N–H and O–H groups in total. The van der Waals surface area contributed by atoms with Crippen LogP contribution in [0.4, 0.5) is 13.2 Å². The molecule has 0 spiro atoms. The van der Waals surface area contributed by atoms with Crippen LogP contribution in [0.1, 0.15) is 18.1 Å². The Morgan fingerprint density at radius 3 is 0.848 bits per heavy atom. The van der Waals surface area contributed by atoms with E-state index >= 15 is 13.2 Å². The van der Waals surface area contributed by atoms with E-state index in [4.69, 9.17) is 0 Å². The van der Waals surface area contributed by atoms with Crippen molar-refractivity contribution in [1.82, 2.24) is 0 Å². The fraction of sp³-hybridized carbons (Fsp3) is 0.0732. The number of rotatable bonds is 6. The van der Waals surface area contributed by atoms with Gasteiger partial charge < -0.3 is 10.2 Å². The molecule has 0 amide bonds. The molecule has 2 nitrogen and oxygen atoms in total. The summed E-state index contributed by atoms with van der Waals surface area (Å²) in [5, 5.41) is 22.9. The Kier molecular flexibility index (Phi) is 9.02. The van der Waals surface area contributed by atoms with E-state index in [0.29, 0.717) is 44.5 Å². The maximum atomic E-state index is 15.7. The van der Waals surface area contributed by atoms with E-state index < -0.39 is 11.6 Å². The average Bonchev–Trinajstić information content (AvgIpc) is 3.10. The van der Waals surface area contributed by atoms with Crippen LogP contribution in [0.15, 0.2) is 146 Å². The van der Waals surface area contributed by atoms with Crippen molar-refractivity contribution in [3.8, 4) is 68.9 Å². The molecule has 0 aromatic heterocycles. The first-order valence-electron chi connectivity index (χ1n) is 14.5. The second-order valence-electron chi connectivity index (χ2n) is 10.9.